The van der Waals surface area contributed by atoms with Gasteiger partial charge in [-0.15, -0.1) is 11.3 Å². The summed E-state index contributed by atoms with van der Waals surface area (Å²) in [4.78, 5) is 27.2. The topological polar surface area (TPSA) is 119 Å². The van der Waals surface area contributed by atoms with Crippen LogP contribution in [0.4, 0.5) is 0 Å². The molecule has 2 aromatic rings. The number of nitrogens with two attached hydrogens (primary N) is 1. The normalized spacial score (nSPS) is 15.0. The highest BCUT2D eigenvalue weighted by Crippen LogP contribution is 2.21. The van der Waals surface area contributed by atoms with E-state index in [-0.39, 0.29) is 28.5 Å². The van der Waals surface area contributed by atoms with Crippen LogP contribution in [0.3, 0.4) is 0 Å². The number of piperidine rings is 1. The van der Waals surface area contributed by atoms with Gasteiger partial charge >= 0.3 is 0 Å². The number of thiophene rings is 1. The van der Waals surface area contributed by atoms with E-state index in [9.17, 15) is 18.0 Å². The molecule has 1 saturated heterocycles. The van der Waals surface area contributed by atoms with Gasteiger partial charge in [-0.3, -0.25) is 9.59 Å². The Bertz CT molecular complexity index is 967. The molecule has 1 aliphatic rings. The van der Waals surface area contributed by atoms with Crippen LogP contribution in [0.15, 0.2) is 46.7 Å². The number of para-hydroxylation sites is 1. The van der Waals surface area contributed by atoms with Gasteiger partial charge in [0.2, 0.25) is 21.8 Å². The molecule has 2 amide bonds. The summed E-state index contributed by atoms with van der Waals surface area (Å²) in [6.07, 6.45) is 1.50. The minimum atomic E-state index is -3.72. The summed E-state index contributed by atoms with van der Waals surface area (Å²) in [6.45, 7) is 1.66. The first kappa shape index (κ1) is 22.3. The Labute approximate surface area is 180 Å². The Morgan fingerprint density at radius 2 is 1.83 bits per heavy atom. The summed E-state index contributed by atoms with van der Waals surface area (Å²) in [5, 5.41) is 7.94. The summed E-state index contributed by atoms with van der Waals surface area (Å²) < 4.78 is 28.3. The fourth-order valence-corrected chi connectivity index (χ4v) is 4.97. The molecule has 2 heterocycles. The predicted molar refractivity (Wildman–Crippen MR) is 113 cm³/mol. The number of primary sulfonamides is 1. The Morgan fingerprint density at radius 1 is 1.13 bits per heavy atom. The second kappa shape index (κ2) is 10.1. The fraction of sp³-hybridized carbons (Fsp3) is 0.400. The molecule has 3 N–H and O–H groups in total. The van der Waals surface area contributed by atoms with E-state index in [1.165, 1.54) is 6.07 Å². The van der Waals surface area contributed by atoms with E-state index < -0.39 is 10.0 Å². The lowest BCUT2D eigenvalue weighted by Gasteiger charge is -2.31. The number of sulfonamides is 1. The minimum absolute atomic E-state index is 0.0268. The summed E-state index contributed by atoms with van der Waals surface area (Å²) in [7, 11) is -3.72. The van der Waals surface area contributed by atoms with Crippen molar-refractivity contribution in [2.24, 2.45) is 11.1 Å². The van der Waals surface area contributed by atoms with Gasteiger partial charge in [-0.25, -0.2) is 13.6 Å². The van der Waals surface area contributed by atoms with Crippen LogP contribution < -0.4 is 15.2 Å². The first-order valence-corrected chi connectivity index (χ1v) is 12.0. The zero-order chi connectivity index (χ0) is 21.6. The van der Waals surface area contributed by atoms with Gasteiger partial charge in [-0.1, -0.05) is 18.2 Å². The Kier molecular flexibility index (Phi) is 7.46. The molecule has 1 aromatic heterocycles. The number of carbonyl (C=O) groups is 2. The molecule has 0 unspecified atom stereocenters. The van der Waals surface area contributed by atoms with E-state index in [0.29, 0.717) is 39.0 Å². The van der Waals surface area contributed by atoms with E-state index in [1.54, 1.807) is 11.0 Å². The number of hydrogen-bond donors (Lipinski definition) is 2. The van der Waals surface area contributed by atoms with Crippen molar-refractivity contribution in [3.8, 4) is 5.75 Å². The third kappa shape index (κ3) is 6.28. The molecule has 0 spiro atoms. The van der Waals surface area contributed by atoms with Gasteiger partial charge in [0.05, 0.1) is 19.6 Å². The average molecular weight is 452 g/mol. The first-order valence-electron chi connectivity index (χ1n) is 9.68. The highest BCUT2D eigenvalue weighted by molar-refractivity contribution is 7.91. The minimum Gasteiger partial charge on any atom is -0.493 e. The van der Waals surface area contributed by atoms with Crippen LogP contribution in [-0.4, -0.2) is 44.8 Å². The summed E-state index contributed by atoms with van der Waals surface area (Å²) in [6, 6.07) is 12.4. The molecule has 0 atom stereocenters. The van der Waals surface area contributed by atoms with Gasteiger partial charge in [0.15, 0.2) is 0 Å². The first-order chi connectivity index (χ1) is 14.3. The van der Waals surface area contributed by atoms with Crippen LogP contribution in [-0.2, 0) is 26.2 Å². The molecule has 1 aliphatic heterocycles. The van der Waals surface area contributed by atoms with Crippen molar-refractivity contribution in [2.45, 2.75) is 30.0 Å². The van der Waals surface area contributed by atoms with Crippen molar-refractivity contribution >= 4 is 33.2 Å². The van der Waals surface area contributed by atoms with Crippen LogP contribution in [0.1, 0.15) is 24.1 Å². The van der Waals surface area contributed by atoms with Gasteiger partial charge in [0.25, 0.3) is 0 Å². The lowest BCUT2D eigenvalue weighted by molar-refractivity contribution is -0.136. The molecule has 0 saturated carbocycles. The van der Waals surface area contributed by atoms with Crippen molar-refractivity contribution in [1.29, 1.82) is 0 Å². The maximum absolute atomic E-state index is 12.4. The number of hydrogen-bond acceptors (Lipinski definition) is 6. The molecule has 1 fully saturated rings. The number of nitrogens with one attached hydrogen (secondary N) is 1. The third-order valence-corrected chi connectivity index (χ3v) is 7.42. The third-order valence-electron chi connectivity index (χ3n) is 4.90. The second-order valence-electron chi connectivity index (χ2n) is 7.05. The maximum Gasteiger partial charge on any atom is 0.247 e. The van der Waals surface area contributed by atoms with E-state index >= 15 is 0 Å². The summed E-state index contributed by atoms with van der Waals surface area (Å²) >= 11 is 1.05. The molecular weight excluding hydrogens is 426 g/mol. The number of nitrogens with zero attached hydrogens (tertiary/aromatic N) is 1. The zero-order valence-electron chi connectivity index (χ0n) is 16.5. The van der Waals surface area contributed by atoms with E-state index in [0.717, 1.165) is 22.0 Å². The fourth-order valence-electron chi connectivity index (χ4n) is 3.25. The van der Waals surface area contributed by atoms with E-state index in [4.69, 9.17) is 9.88 Å². The van der Waals surface area contributed by atoms with Crippen LogP contribution in [0, 0.1) is 5.92 Å². The van der Waals surface area contributed by atoms with Gasteiger partial charge < -0.3 is 15.0 Å². The number of ether oxygens (including phenoxy) is 1. The highest BCUT2D eigenvalue weighted by Gasteiger charge is 2.27. The Hall–Kier alpha value is -2.43. The quantitative estimate of drug-likeness (QED) is 0.633. The largest absolute Gasteiger partial charge is 0.493 e. The number of benzene rings is 1. The standard InChI is InChI=1S/C20H25N3O5S2/c21-30(26,27)19-7-6-17(29-19)14-22-20(25)15-8-11-23(12-9-15)18(24)10-13-28-16-4-2-1-3-5-16/h1-7,15H,8-14H2,(H,22,25)(H2,21,26,27). The molecule has 1 aromatic carbocycles. The highest BCUT2D eigenvalue weighted by atomic mass is 32.2. The number of likely N-dealkylation sites (tertiary alicyclic amines) is 1. The Morgan fingerprint density at radius 3 is 2.47 bits per heavy atom. The van der Waals surface area contributed by atoms with Crippen LogP contribution >= 0.6 is 11.3 Å². The molecule has 10 heteroatoms. The van der Waals surface area contributed by atoms with E-state index in [1.807, 2.05) is 30.3 Å². The average Bonchev–Trinajstić information content (AvgIpc) is 3.22. The van der Waals surface area contributed by atoms with Gasteiger partial charge in [-0.05, 0) is 37.1 Å². The zero-order valence-corrected chi connectivity index (χ0v) is 18.1. The van der Waals surface area contributed by atoms with Crippen molar-refractivity contribution < 1.29 is 22.7 Å². The lowest BCUT2D eigenvalue weighted by atomic mass is 9.95. The van der Waals surface area contributed by atoms with Crippen molar-refractivity contribution in [3.05, 3.63) is 47.3 Å². The molecule has 8 nitrogen and oxygen atoms in total. The van der Waals surface area contributed by atoms with Crippen LogP contribution in [0.25, 0.3) is 0 Å². The van der Waals surface area contributed by atoms with Gasteiger partial charge in [0, 0.05) is 23.9 Å². The number of rotatable bonds is 8. The lowest BCUT2D eigenvalue weighted by Crippen LogP contribution is -2.43. The van der Waals surface area contributed by atoms with Crippen molar-refractivity contribution in [2.75, 3.05) is 19.7 Å². The number of carbonyl (C=O) groups excluding carboxylic acids is 2. The smallest absolute Gasteiger partial charge is 0.247 e. The Balaban J connectivity index is 1.37. The predicted octanol–water partition coefficient (Wildman–Crippen LogP) is 1.72. The summed E-state index contributed by atoms with van der Waals surface area (Å²) in [5.41, 5.74) is 0. The van der Waals surface area contributed by atoms with Crippen LogP contribution in [0.2, 0.25) is 0 Å². The monoisotopic (exact) mass is 451 g/mol. The number of amides is 2. The molecule has 162 valence electrons. The van der Waals surface area contributed by atoms with Crippen LogP contribution in [0.5, 0.6) is 5.75 Å². The molecule has 0 bridgehead atoms. The van der Waals surface area contributed by atoms with Crippen molar-refractivity contribution in [1.82, 2.24) is 10.2 Å². The molecule has 30 heavy (non-hydrogen) atoms. The van der Waals surface area contributed by atoms with Gasteiger partial charge in [0.1, 0.15) is 9.96 Å². The molecule has 3 rings (SSSR count). The molecular formula is C20H25N3O5S2. The van der Waals surface area contributed by atoms with Crippen molar-refractivity contribution in [3.63, 3.8) is 0 Å². The van der Waals surface area contributed by atoms with E-state index in [2.05, 4.69) is 5.32 Å². The summed E-state index contributed by atoms with van der Waals surface area (Å²) in [5.74, 6) is 0.522. The second-order valence-corrected chi connectivity index (χ2v) is 10.0. The SMILES string of the molecule is NS(=O)(=O)c1ccc(CNC(=O)C2CCN(C(=O)CCOc3ccccc3)CC2)s1. The molecule has 0 radical (unpaired) electrons. The molecule has 0 aliphatic carbocycles. The van der Waals surface area contributed by atoms with Gasteiger partial charge in [-0.2, -0.15) is 0 Å². The maximum atomic E-state index is 12.4.